The molecule has 1 heterocycles. The molecule has 2 aromatic rings. The average molecular weight is 338 g/mol. The fourth-order valence-corrected chi connectivity index (χ4v) is 3.24. The first-order valence-corrected chi connectivity index (χ1v) is 9.40. The third-order valence-electron chi connectivity index (χ3n) is 6.19. The second-order valence-electron chi connectivity index (χ2n) is 8.50. The molecule has 0 aromatic heterocycles. The van der Waals surface area contributed by atoms with Gasteiger partial charge in [0.2, 0.25) is 0 Å². The van der Waals surface area contributed by atoms with E-state index in [9.17, 15) is 0 Å². The van der Waals surface area contributed by atoms with Gasteiger partial charge in [0, 0.05) is 7.05 Å². The zero-order chi connectivity index (χ0) is 18.4. The largest absolute Gasteiger partial charge is 0.453 e. The number of rotatable bonds is 4. The van der Waals surface area contributed by atoms with Gasteiger partial charge in [-0.2, -0.15) is 0 Å². The SMILES string of the molecule is CCC(C)(C)c1ccc2c(c1)Oc1cc(C(C)(C)CC)ccc1N2C. The van der Waals surface area contributed by atoms with Crippen molar-refractivity contribution in [2.45, 2.75) is 65.2 Å². The molecule has 0 aliphatic carbocycles. The van der Waals surface area contributed by atoms with E-state index in [4.69, 9.17) is 4.74 Å². The van der Waals surface area contributed by atoms with Gasteiger partial charge in [-0.25, -0.2) is 0 Å². The van der Waals surface area contributed by atoms with Crippen molar-refractivity contribution in [2.24, 2.45) is 0 Å². The normalized spacial score (nSPS) is 14.0. The van der Waals surface area contributed by atoms with Crippen molar-refractivity contribution >= 4 is 11.4 Å². The van der Waals surface area contributed by atoms with Gasteiger partial charge in [0.15, 0.2) is 11.5 Å². The quantitative estimate of drug-likeness (QED) is 0.599. The van der Waals surface area contributed by atoms with E-state index < -0.39 is 0 Å². The molecule has 25 heavy (non-hydrogen) atoms. The summed E-state index contributed by atoms with van der Waals surface area (Å²) in [5.41, 5.74) is 5.23. The molecule has 0 fully saturated rings. The lowest BCUT2D eigenvalue weighted by Gasteiger charge is -2.33. The Morgan fingerprint density at radius 1 is 0.760 bits per heavy atom. The van der Waals surface area contributed by atoms with Gasteiger partial charge in [-0.1, -0.05) is 53.7 Å². The smallest absolute Gasteiger partial charge is 0.151 e. The van der Waals surface area contributed by atoms with Crippen LogP contribution in [-0.4, -0.2) is 7.05 Å². The molecule has 0 spiro atoms. The van der Waals surface area contributed by atoms with Gasteiger partial charge in [0.25, 0.3) is 0 Å². The summed E-state index contributed by atoms with van der Waals surface area (Å²) in [7, 11) is 2.12. The Morgan fingerprint density at radius 3 is 1.52 bits per heavy atom. The molecular weight excluding hydrogens is 306 g/mol. The van der Waals surface area contributed by atoms with E-state index in [0.717, 1.165) is 35.7 Å². The minimum atomic E-state index is 0.156. The molecule has 1 aliphatic rings. The fourth-order valence-electron chi connectivity index (χ4n) is 3.24. The molecule has 0 radical (unpaired) electrons. The Hall–Kier alpha value is -1.96. The lowest BCUT2D eigenvalue weighted by atomic mass is 9.81. The highest BCUT2D eigenvalue weighted by molar-refractivity contribution is 5.78. The molecule has 0 saturated heterocycles. The van der Waals surface area contributed by atoms with E-state index in [-0.39, 0.29) is 10.8 Å². The summed E-state index contributed by atoms with van der Waals surface area (Å²) < 4.78 is 6.37. The van der Waals surface area contributed by atoms with Crippen LogP contribution >= 0.6 is 0 Å². The van der Waals surface area contributed by atoms with Crippen LogP contribution in [0.15, 0.2) is 36.4 Å². The fraction of sp³-hybridized carbons (Fsp3) is 0.478. The van der Waals surface area contributed by atoms with Crippen LogP contribution in [0.1, 0.15) is 65.5 Å². The van der Waals surface area contributed by atoms with E-state index >= 15 is 0 Å². The molecule has 0 bridgehead atoms. The van der Waals surface area contributed by atoms with Gasteiger partial charge < -0.3 is 9.64 Å². The maximum atomic E-state index is 6.37. The molecule has 0 saturated carbocycles. The Morgan fingerprint density at radius 2 is 1.16 bits per heavy atom. The third-order valence-corrected chi connectivity index (χ3v) is 6.19. The Bertz CT molecular complexity index is 723. The molecule has 1 aliphatic heterocycles. The zero-order valence-corrected chi connectivity index (χ0v) is 16.7. The van der Waals surface area contributed by atoms with Crippen LogP contribution in [0.25, 0.3) is 0 Å². The van der Waals surface area contributed by atoms with Gasteiger partial charge in [-0.3, -0.25) is 0 Å². The van der Waals surface area contributed by atoms with Gasteiger partial charge in [-0.05, 0) is 59.1 Å². The maximum absolute atomic E-state index is 6.37. The predicted molar refractivity (Wildman–Crippen MR) is 108 cm³/mol. The topological polar surface area (TPSA) is 12.5 Å². The van der Waals surface area contributed by atoms with E-state index in [0.29, 0.717) is 0 Å². The van der Waals surface area contributed by atoms with E-state index in [1.165, 1.54) is 11.1 Å². The first kappa shape index (κ1) is 17.8. The van der Waals surface area contributed by atoms with Gasteiger partial charge >= 0.3 is 0 Å². The zero-order valence-electron chi connectivity index (χ0n) is 16.7. The monoisotopic (exact) mass is 337 g/mol. The number of anilines is 2. The predicted octanol–water partition coefficient (Wildman–Crippen LogP) is 6.94. The van der Waals surface area contributed by atoms with Gasteiger partial charge in [-0.15, -0.1) is 0 Å². The Balaban J connectivity index is 2.05. The minimum Gasteiger partial charge on any atom is -0.453 e. The molecule has 3 rings (SSSR count). The van der Waals surface area contributed by atoms with Crippen LogP contribution in [0, 0.1) is 0 Å². The Kier molecular flexibility index (Phi) is 4.35. The van der Waals surface area contributed by atoms with Crippen molar-refractivity contribution in [3.63, 3.8) is 0 Å². The van der Waals surface area contributed by atoms with E-state index in [1.807, 2.05) is 0 Å². The van der Waals surface area contributed by atoms with Gasteiger partial charge in [0.1, 0.15) is 0 Å². The molecule has 2 aromatic carbocycles. The molecule has 0 N–H and O–H groups in total. The summed E-state index contributed by atoms with van der Waals surface area (Å²) in [5.74, 6) is 1.92. The van der Waals surface area contributed by atoms with Crippen molar-refractivity contribution in [3.05, 3.63) is 47.5 Å². The number of nitrogens with zero attached hydrogens (tertiary/aromatic N) is 1. The summed E-state index contributed by atoms with van der Waals surface area (Å²) >= 11 is 0. The number of benzene rings is 2. The minimum absolute atomic E-state index is 0.156. The molecule has 0 unspecified atom stereocenters. The second kappa shape index (κ2) is 6.09. The lowest BCUT2D eigenvalue weighted by molar-refractivity contribution is 0.458. The first-order chi connectivity index (χ1) is 11.7. The molecule has 0 amide bonds. The average Bonchev–Trinajstić information content (AvgIpc) is 2.61. The molecule has 2 heteroatoms. The van der Waals surface area contributed by atoms with Crippen LogP contribution < -0.4 is 9.64 Å². The lowest BCUT2D eigenvalue weighted by Crippen LogP contribution is -2.20. The third kappa shape index (κ3) is 3.03. The highest BCUT2D eigenvalue weighted by Crippen LogP contribution is 2.48. The summed E-state index contributed by atoms with van der Waals surface area (Å²) in [5, 5.41) is 0. The summed E-state index contributed by atoms with van der Waals surface area (Å²) in [4.78, 5) is 2.24. The van der Waals surface area contributed by atoms with Crippen molar-refractivity contribution in [1.82, 2.24) is 0 Å². The molecule has 0 atom stereocenters. The number of hydrogen-bond acceptors (Lipinski definition) is 2. The van der Waals surface area contributed by atoms with Crippen LogP contribution in [0.3, 0.4) is 0 Å². The second-order valence-corrected chi connectivity index (χ2v) is 8.50. The van der Waals surface area contributed by atoms with Crippen molar-refractivity contribution in [3.8, 4) is 11.5 Å². The van der Waals surface area contributed by atoms with Crippen LogP contribution in [0.2, 0.25) is 0 Å². The molecule has 2 nitrogen and oxygen atoms in total. The Labute approximate surface area is 152 Å². The number of fused-ring (bicyclic) bond motifs is 2. The van der Waals surface area contributed by atoms with Gasteiger partial charge in [0.05, 0.1) is 11.4 Å². The molecule has 134 valence electrons. The summed E-state index contributed by atoms with van der Waals surface area (Å²) in [6.07, 6.45) is 2.21. The summed E-state index contributed by atoms with van der Waals surface area (Å²) in [6, 6.07) is 13.3. The van der Waals surface area contributed by atoms with Crippen molar-refractivity contribution in [1.29, 1.82) is 0 Å². The maximum Gasteiger partial charge on any atom is 0.151 e. The number of hydrogen-bond donors (Lipinski definition) is 0. The van der Waals surface area contributed by atoms with E-state index in [1.54, 1.807) is 0 Å². The first-order valence-electron chi connectivity index (χ1n) is 9.40. The highest BCUT2D eigenvalue weighted by atomic mass is 16.5. The van der Waals surface area contributed by atoms with Crippen LogP contribution in [0.5, 0.6) is 11.5 Å². The highest BCUT2D eigenvalue weighted by Gasteiger charge is 2.27. The number of ether oxygens (including phenoxy) is 1. The van der Waals surface area contributed by atoms with Crippen molar-refractivity contribution < 1.29 is 4.74 Å². The van der Waals surface area contributed by atoms with Crippen molar-refractivity contribution in [2.75, 3.05) is 11.9 Å². The molecular formula is C23H31NO. The summed E-state index contributed by atoms with van der Waals surface area (Å²) in [6.45, 7) is 13.6. The van der Waals surface area contributed by atoms with Crippen LogP contribution in [0.4, 0.5) is 11.4 Å². The van der Waals surface area contributed by atoms with E-state index in [2.05, 4.69) is 89.9 Å². The standard InChI is InChI=1S/C23H31NO/c1-8-22(3,4)16-10-12-18-20(14-16)25-21-15-17(23(5,6)9-2)11-13-19(21)24(18)7/h10-15H,8-9H2,1-7H3. The van der Waals surface area contributed by atoms with Crippen LogP contribution in [-0.2, 0) is 10.8 Å².